The maximum absolute atomic E-state index is 11.5. The van der Waals surface area contributed by atoms with Crippen molar-refractivity contribution in [2.24, 2.45) is 11.6 Å². The van der Waals surface area contributed by atoms with Crippen molar-refractivity contribution in [2.45, 2.75) is 37.9 Å². The summed E-state index contributed by atoms with van der Waals surface area (Å²) in [6.07, 6.45) is -18.6. The molecule has 1 aromatic carbocycles. The van der Waals surface area contributed by atoms with E-state index in [1.807, 2.05) is 4.90 Å². The van der Waals surface area contributed by atoms with Crippen LogP contribution in [0.4, 0.5) is 10.5 Å². The SMILES string of the molecule is [2H]c1ccc(N2CCN(CC([2H])([2H])C3([2H])C([2H])([2H])C([2H])([2H])C([2H])(NC(N)=O)C([2H])([2H])C3([2H])[2H])CC2)c(Cl)c1Cl. The van der Waals surface area contributed by atoms with Gasteiger partial charge in [-0.25, -0.2) is 4.79 Å². The molecular weight excluding hydrogens is 371 g/mol. The number of primary amides is 1. The fraction of sp³-hybridized carbons (Fsp3) is 0.632. The van der Waals surface area contributed by atoms with Gasteiger partial charge in [-0.15, -0.1) is 0 Å². The summed E-state index contributed by atoms with van der Waals surface area (Å²) < 4.78 is 109. The van der Waals surface area contributed by atoms with Crippen molar-refractivity contribution in [1.29, 1.82) is 0 Å². The van der Waals surface area contributed by atoms with Crippen molar-refractivity contribution in [2.75, 3.05) is 37.6 Å². The van der Waals surface area contributed by atoms with E-state index in [9.17, 15) is 4.79 Å². The van der Waals surface area contributed by atoms with E-state index in [1.165, 1.54) is 16.3 Å². The second-order valence-corrected chi connectivity index (χ2v) is 6.43. The maximum Gasteiger partial charge on any atom is 0.312 e. The lowest BCUT2D eigenvalue weighted by Crippen LogP contribution is -2.47. The Morgan fingerprint density at radius 2 is 2.04 bits per heavy atom. The van der Waals surface area contributed by atoms with Crippen molar-refractivity contribution in [3.8, 4) is 0 Å². The molecule has 2 amide bonds. The molecule has 1 aromatic rings. The number of nitrogens with zero attached hydrogens (tertiary/aromatic N) is 2. The summed E-state index contributed by atoms with van der Waals surface area (Å²) in [5.74, 6) is -3.75. The third-order valence-electron chi connectivity index (χ3n) is 3.93. The first-order valence-electron chi connectivity index (χ1n) is 14.4. The third-order valence-corrected chi connectivity index (χ3v) is 4.71. The van der Waals surface area contributed by atoms with Crippen LogP contribution < -0.4 is 16.0 Å². The maximum atomic E-state index is 11.5. The zero-order valence-electron chi connectivity index (χ0n) is 26.8. The number of carbonyl (C=O) groups is 1. The zero-order chi connectivity index (χ0) is 30.2. The van der Waals surface area contributed by atoms with E-state index in [1.54, 1.807) is 6.07 Å². The van der Waals surface area contributed by atoms with Crippen LogP contribution in [-0.2, 0) is 0 Å². The van der Waals surface area contributed by atoms with Gasteiger partial charge in [0.2, 0.25) is 0 Å². The van der Waals surface area contributed by atoms with Crippen molar-refractivity contribution in [3.63, 3.8) is 0 Å². The minimum Gasteiger partial charge on any atom is -0.368 e. The highest BCUT2D eigenvalue weighted by molar-refractivity contribution is 6.43. The van der Waals surface area contributed by atoms with Crippen LogP contribution in [0.15, 0.2) is 18.2 Å². The van der Waals surface area contributed by atoms with E-state index in [4.69, 9.17) is 46.8 Å². The number of nitrogens with one attached hydrogen (secondary N) is 1. The van der Waals surface area contributed by atoms with Crippen LogP contribution in [0.25, 0.3) is 0 Å². The fourth-order valence-corrected chi connectivity index (χ4v) is 3.01. The van der Waals surface area contributed by atoms with Gasteiger partial charge in [-0.1, -0.05) is 29.3 Å². The predicted molar refractivity (Wildman–Crippen MR) is 108 cm³/mol. The van der Waals surface area contributed by atoms with E-state index in [0.717, 1.165) is 0 Å². The van der Waals surface area contributed by atoms with Gasteiger partial charge in [-0.3, -0.25) is 4.90 Å². The third kappa shape index (κ3) is 5.18. The van der Waals surface area contributed by atoms with Crippen LogP contribution in [-0.4, -0.2) is 49.7 Å². The van der Waals surface area contributed by atoms with E-state index < -0.39 is 56.4 Å². The van der Waals surface area contributed by atoms with Gasteiger partial charge in [0.1, 0.15) is 0 Å². The Labute approximate surface area is 184 Å². The van der Waals surface area contributed by atoms with Crippen LogP contribution >= 0.6 is 23.2 Å². The van der Waals surface area contributed by atoms with E-state index in [0.29, 0.717) is 5.69 Å². The van der Waals surface area contributed by atoms with Gasteiger partial charge in [-0.05, 0) is 56.4 Å². The molecule has 0 radical (unpaired) electrons. The minimum absolute atomic E-state index is 0.0384. The first kappa shape index (κ1) is 8.89. The lowest BCUT2D eigenvalue weighted by molar-refractivity contribution is 0.207. The summed E-state index contributed by atoms with van der Waals surface area (Å²) in [6.45, 7) is -0.000403. The topological polar surface area (TPSA) is 61.6 Å². The number of anilines is 1. The van der Waals surface area contributed by atoms with Gasteiger partial charge in [0.05, 0.1) is 18.5 Å². The highest BCUT2D eigenvalue weighted by Gasteiger charge is 2.24. The number of amides is 2. The number of hydrogen-bond donors (Lipinski definition) is 2. The summed E-state index contributed by atoms with van der Waals surface area (Å²) in [6, 6.07) is -2.17. The lowest BCUT2D eigenvalue weighted by atomic mass is 9.84. The molecule has 7 heteroatoms. The first-order chi connectivity index (χ1) is 17.4. The molecule has 0 unspecified atom stereocenters. The van der Waals surface area contributed by atoms with Crippen LogP contribution in [0, 0.1) is 5.89 Å². The summed E-state index contributed by atoms with van der Waals surface area (Å²) in [7, 11) is 0. The number of hydrogen-bond acceptors (Lipinski definition) is 3. The molecule has 3 N–H and O–H groups in total. The molecule has 2 aliphatic rings. The summed E-state index contributed by atoms with van der Waals surface area (Å²) in [4.78, 5) is 14.8. The molecule has 2 fully saturated rings. The Morgan fingerprint density at radius 3 is 2.69 bits per heavy atom. The van der Waals surface area contributed by atoms with Gasteiger partial charge in [-0.2, -0.15) is 0 Å². The van der Waals surface area contributed by atoms with E-state index in [2.05, 4.69) is 0 Å². The fourth-order valence-electron chi connectivity index (χ4n) is 2.61. The predicted octanol–water partition coefficient (Wildman–Crippen LogP) is 3.73. The number of benzene rings is 1. The monoisotopic (exact) mass is 411 g/mol. The summed E-state index contributed by atoms with van der Waals surface area (Å²) in [5.41, 5.74) is 5.51. The normalized spacial score (nSPS) is 45.8. The Morgan fingerprint density at radius 1 is 1.35 bits per heavy atom. The van der Waals surface area contributed by atoms with Crippen molar-refractivity contribution in [3.05, 3.63) is 28.2 Å². The summed E-state index contributed by atoms with van der Waals surface area (Å²) >= 11 is 12.3. The molecule has 3 rings (SSSR count). The second-order valence-electron chi connectivity index (χ2n) is 5.67. The van der Waals surface area contributed by atoms with Gasteiger partial charge in [0, 0.05) is 47.3 Å². The zero-order valence-corrected chi connectivity index (χ0v) is 15.3. The number of halogens is 2. The smallest absolute Gasteiger partial charge is 0.312 e. The molecule has 5 nitrogen and oxygen atoms in total. The van der Waals surface area contributed by atoms with Crippen molar-refractivity contribution >= 4 is 34.9 Å². The number of rotatable bonds is 5. The molecule has 1 aliphatic heterocycles. The largest absolute Gasteiger partial charge is 0.368 e. The highest BCUT2D eigenvalue weighted by atomic mass is 35.5. The lowest BCUT2D eigenvalue weighted by Gasteiger charge is -2.37. The van der Waals surface area contributed by atoms with Crippen molar-refractivity contribution in [1.82, 2.24) is 10.2 Å². The number of nitrogens with two attached hydrogens (primary N) is 1. The molecule has 0 atom stereocenters. The Kier molecular flexibility index (Phi) is 3.13. The quantitative estimate of drug-likeness (QED) is 0.775. The highest BCUT2D eigenvalue weighted by Crippen LogP contribution is 2.33. The van der Waals surface area contributed by atoms with Gasteiger partial charge in [0.15, 0.2) is 0 Å². The molecule has 1 saturated heterocycles. The molecule has 0 bridgehead atoms. The van der Waals surface area contributed by atoms with E-state index in [-0.39, 0.29) is 42.3 Å². The number of piperazine rings is 1. The van der Waals surface area contributed by atoms with Gasteiger partial charge in [0.25, 0.3) is 0 Å². The Balaban J connectivity index is 1.95. The molecule has 26 heavy (non-hydrogen) atoms. The Bertz CT molecular complexity index is 1120. The van der Waals surface area contributed by atoms with Crippen LogP contribution in [0.2, 0.25) is 10.0 Å². The number of urea groups is 1. The minimum atomic E-state index is -3.85. The Hall–Kier alpha value is -1.17. The second kappa shape index (κ2) is 9.16. The molecule has 1 saturated carbocycles. The molecular formula is C19H28Cl2N4O. The molecule has 1 aliphatic carbocycles. The average Bonchev–Trinajstić information content (AvgIpc) is 2.80. The molecule has 1 heterocycles. The number of carbonyl (C=O) groups excluding carboxylic acids is 1. The summed E-state index contributed by atoms with van der Waals surface area (Å²) in [5, 5.41) is 1.70. The molecule has 0 aromatic heterocycles. The molecule has 144 valence electrons. The van der Waals surface area contributed by atoms with E-state index >= 15 is 0 Å². The molecule has 0 spiro atoms. The standard InChI is InChI=1S/C19H28Cl2N4O/c20-16-2-1-3-17(18(16)21)25-12-10-24(11-13-25)9-8-14-4-6-15(7-5-14)23-19(22)26/h1-3,14-15H,4-13H2,(H3,22,23,26)/i2D,4D2,5D2,6D2,7D2,8D2,14D,15D. The van der Waals surface area contributed by atoms with Crippen LogP contribution in [0.5, 0.6) is 0 Å². The van der Waals surface area contributed by atoms with Crippen LogP contribution in [0.3, 0.4) is 0 Å². The van der Waals surface area contributed by atoms with Crippen LogP contribution in [0.1, 0.15) is 49.7 Å². The average molecular weight is 412 g/mol. The van der Waals surface area contributed by atoms with Gasteiger partial charge < -0.3 is 16.0 Å². The first-order valence-corrected chi connectivity index (χ1v) is 8.70. The van der Waals surface area contributed by atoms with Gasteiger partial charge >= 0.3 is 6.03 Å². The van der Waals surface area contributed by atoms with Crippen molar-refractivity contribution < 1.29 is 22.6 Å².